The fourth-order valence-electron chi connectivity index (χ4n) is 5.98. The van der Waals surface area contributed by atoms with Gasteiger partial charge in [0.2, 0.25) is 31.3 Å². The Kier molecular flexibility index (Phi) is 14.3. The number of esters is 2. The van der Waals surface area contributed by atoms with Crippen molar-refractivity contribution in [3.05, 3.63) is 70.8 Å². The number of ether oxygens (including phenoxy) is 2. The molecule has 0 radical (unpaired) electrons. The molecule has 5 amide bonds. The third-order valence-electron chi connectivity index (χ3n) is 9.18. The number of amides is 5. The van der Waals surface area contributed by atoms with Crippen LogP contribution in [0.2, 0.25) is 0 Å². The molecule has 5 N–H and O–H groups in total. The molecule has 2 aromatic carbocycles. The number of carbonyl (C=O) groups excluding carboxylic acids is 6. The molecule has 58 heavy (non-hydrogen) atoms. The minimum absolute atomic E-state index is 0.0802. The third-order valence-corrected chi connectivity index (χ3v) is 11.0. The Morgan fingerprint density at radius 1 is 0.879 bits per heavy atom. The molecule has 0 aromatic heterocycles. The van der Waals surface area contributed by atoms with E-state index >= 15 is 8.78 Å². The highest BCUT2D eigenvalue weighted by molar-refractivity contribution is 7.54. The summed E-state index contributed by atoms with van der Waals surface area (Å²) in [5.41, 5.74) is 0.775. The highest BCUT2D eigenvalue weighted by Gasteiger charge is 2.56. The Morgan fingerprint density at radius 2 is 1.43 bits per heavy atom. The minimum atomic E-state index is -5.55. The number of para-hydroxylation sites is 1. The lowest BCUT2D eigenvalue weighted by Crippen LogP contribution is -2.54. The number of hydrogen-bond acceptors (Lipinski definition) is 11. The zero-order chi connectivity index (χ0) is 43.2. The normalized spacial score (nSPS) is 17.2. The van der Waals surface area contributed by atoms with Crippen molar-refractivity contribution in [2.24, 2.45) is 16.6 Å². The van der Waals surface area contributed by atoms with E-state index in [4.69, 9.17) is 24.3 Å². The summed E-state index contributed by atoms with van der Waals surface area (Å²) in [6.45, 7) is 8.50. The molecule has 16 nitrogen and oxygen atoms in total. The number of alkyl halides is 2. The van der Waals surface area contributed by atoms with E-state index in [2.05, 4.69) is 16.0 Å². The van der Waals surface area contributed by atoms with Crippen LogP contribution < -0.4 is 26.6 Å². The molecule has 2 aliphatic rings. The van der Waals surface area contributed by atoms with Crippen LogP contribution in [-0.2, 0) is 65.6 Å². The predicted octanol–water partition coefficient (Wildman–Crippen LogP) is 4.63. The Bertz CT molecular complexity index is 1960. The minimum Gasteiger partial charge on any atom is -0.438 e. The van der Waals surface area contributed by atoms with Crippen LogP contribution in [0.1, 0.15) is 77.1 Å². The molecule has 2 atom stereocenters. The topological polar surface area (TPSA) is 222 Å². The van der Waals surface area contributed by atoms with Crippen LogP contribution in [0.5, 0.6) is 0 Å². The van der Waals surface area contributed by atoms with Gasteiger partial charge in [0.1, 0.15) is 12.1 Å². The summed E-state index contributed by atoms with van der Waals surface area (Å²) in [5, 5.41) is 7.81. The molecule has 2 unspecified atom stereocenters. The number of nitrogens with zero attached hydrogens (tertiary/aromatic N) is 1. The lowest BCUT2D eigenvalue weighted by atomic mass is 9.98. The summed E-state index contributed by atoms with van der Waals surface area (Å²) < 4.78 is 65.2. The van der Waals surface area contributed by atoms with Crippen molar-refractivity contribution in [2.75, 3.05) is 31.6 Å². The summed E-state index contributed by atoms with van der Waals surface area (Å²) in [6.07, 6.45) is 2.11. The summed E-state index contributed by atoms with van der Waals surface area (Å²) in [7, 11) is -5.55. The van der Waals surface area contributed by atoms with Gasteiger partial charge < -0.3 is 31.2 Å². The van der Waals surface area contributed by atoms with Gasteiger partial charge >= 0.3 is 31.2 Å². The Morgan fingerprint density at radius 3 is 1.98 bits per heavy atom. The monoisotopic (exact) mass is 833 g/mol. The van der Waals surface area contributed by atoms with E-state index in [1.807, 2.05) is 18.2 Å². The zero-order valence-corrected chi connectivity index (χ0v) is 34.3. The Hall–Kier alpha value is -5.19. The Balaban J connectivity index is 1.48. The fourth-order valence-corrected chi connectivity index (χ4v) is 7.23. The van der Waals surface area contributed by atoms with Crippen molar-refractivity contribution in [2.45, 2.75) is 85.5 Å². The number of primary amides is 1. The van der Waals surface area contributed by atoms with Gasteiger partial charge in [0.15, 0.2) is 0 Å². The van der Waals surface area contributed by atoms with Gasteiger partial charge in [-0.1, -0.05) is 42.5 Å². The van der Waals surface area contributed by atoms with Crippen molar-refractivity contribution < 1.29 is 60.6 Å². The third kappa shape index (κ3) is 10.8. The van der Waals surface area contributed by atoms with Crippen LogP contribution >= 0.6 is 7.60 Å². The van der Waals surface area contributed by atoms with E-state index in [1.165, 1.54) is 64.7 Å². The van der Waals surface area contributed by atoms with Crippen LogP contribution in [-0.4, -0.2) is 74.5 Å². The number of hydrogen-bond donors (Lipinski definition) is 4. The highest BCUT2D eigenvalue weighted by Crippen LogP contribution is 2.67. The van der Waals surface area contributed by atoms with Gasteiger partial charge in [0.05, 0.1) is 16.5 Å². The molecule has 0 spiro atoms. The average Bonchev–Trinajstić information content (AvgIpc) is 3.48. The molecule has 316 valence electrons. The van der Waals surface area contributed by atoms with Gasteiger partial charge in [0, 0.05) is 31.1 Å². The van der Waals surface area contributed by atoms with Gasteiger partial charge in [-0.25, -0.2) is 4.79 Å². The molecule has 2 aromatic rings. The second-order valence-electron chi connectivity index (χ2n) is 15.8. The van der Waals surface area contributed by atoms with E-state index in [1.54, 1.807) is 6.92 Å². The molecule has 0 aliphatic carbocycles. The molecule has 0 saturated carbocycles. The maximum atomic E-state index is 16.0. The van der Waals surface area contributed by atoms with E-state index < -0.39 is 91.0 Å². The summed E-state index contributed by atoms with van der Waals surface area (Å²) >= 11 is 0. The van der Waals surface area contributed by atoms with Gasteiger partial charge in [-0.15, -0.1) is 0 Å². The van der Waals surface area contributed by atoms with Crippen molar-refractivity contribution >= 4 is 54.5 Å². The fraction of sp³-hybridized carbons (Fsp3) is 0.487. The lowest BCUT2D eigenvalue weighted by Gasteiger charge is -2.28. The van der Waals surface area contributed by atoms with Crippen LogP contribution in [0, 0.1) is 10.8 Å². The number of aryl methyl sites for hydroxylation is 1. The largest absolute Gasteiger partial charge is 0.438 e. The number of nitrogens with one attached hydrogen (secondary N) is 3. The number of halogens is 2. The van der Waals surface area contributed by atoms with Crippen molar-refractivity contribution in [1.82, 2.24) is 16.0 Å². The summed E-state index contributed by atoms with van der Waals surface area (Å²) in [6, 6.07) is 7.26. The standard InChI is InChI=1S/C39H50F2N5O11P/c1-23(19-30(47)45-28-16-13-25-9-8-10-26-20-29(46(31(25)26)33(28)49)32(48)43-17-18-44-36(42)52)24-11-14-27(15-12-24)39(40,41)58(53,56-21-54-34(50)37(2,3)4)57-22-55-35(51)38(5,6)7/h8-12,14-15,19,28-29H,13,16-18,20-22H2,1-7H3,(H,43,48)(H,45,47)(H3,42,44,52)/b23-19+. The van der Waals surface area contributed by atoms with Crippen LogP contribution in [0.15, 0.2) is 48.5 Å². The molecule has 4 rings (SSSR count). The molecule has 2 heterocycles. The maximum absolute atomic E-state index is 16.0. The summed E-state index contributed by atoms with van der Waals surface area (Å²) in [4.78, 5) is 77.3. The quantitative estimate of drug-likeness (QED) is 0.0637. The molecular weight excluding hydrogens is 783 g/mol. The first-order valence-corrected chi connectivity index (χ1v) is 20.0. The average molecular weight is 834 g/mol. The predicted molar refractivity (Wildman–Crippen MR) is 207 cm³/mol. The first kappa shape index (κ1) is 45.5. The number of rotatable bonds is 15. The number of allylic oxidation sites excluding steroid dienone is 1. The van der Waals surface area contributed by atoms with E-state index in [-0.39, 0.29) is 25.9 Å². The van der Waals surface area contributed by atoms with E-state index in [0.29, 0.717) is 23.2 Å². The number of carbonyl (C=O) groups is 6. The number of anilines is 1. The van der Waals surface area contributed by atoms with Gasteiger partial charge in [-0.2, -0.15) is 8.78 Å². The first-order chi connectivity index (χ1) is 27.0. The number of nitrogens with two attached hydrogens (primary N) is 1. The van der Waals surface area contributed by atoms with Crippen molar-refractivity contribution in [1.29, 1.82) is 0 Å². The zero-order valence-electron chi connectivity index (χ0n) is 33.4. The van der Waals surface area contributed by atoms with E-state index in [0.717, 1.165) is 23.3 Å². The SMILES string of the molecule is C/C(=C\C(=O)NC1CCc2cccc3c2N(C1=O)C(C(=O)NCCNC(N)=O)C3)c1ccc(C(F)(F)P(=O)(OCOC(=O)C(C)(C)C)OCOC(=O)C(C)(C)C)cc1. The number of urea groups is 1. The van der Waals surface area contributed by atoms with Crippen LogP contribution in [0.3, 0.4) is 0 Å². The van der Waals surface area contributed by atoms with Crippen LogP contribution in [0.25, 0.3) is 5.57 Å². The lowest BCUT2D eigenvalue weighted by molar-refractivity contribution is -0.163. The highest BCUT2D eigenvalue weighted by atomic mass is 31.2. The molecule has 2 aliphatic heterocycles. The molecule has 0 bridgehead atoms. The molecular formula is C39H50F2N5O11P. The second-order valence-corrected chi connectivity index (χ2v) is 17.9. The molecule has 0 fully saturated rings. The number of benzene rings is 2. The van der Waals surface area contributed by atoms with E-state index in [9.17, 15) is 33.3 Å². The van der Waals surface area contributed by atoms with Gasteiger partial charge in [0.25, 0.3) is 0 Å². The van der Waals surface area contributed by atoms with Gasteiger partial charge in [-0.3, -0.25) is 42.5 Å². The maximum Gasteiger partial charge on any atom is 0.410 e. The molecule has 0 saturated heterocycles. The second kappa shape index (κ2) is 18.2. The first-order valence-electron chi connectivity index (χ1n) is 18.4. The molecule has 19 heteroatoms. The smallest absolute Gasteiger partial charge is 0.410 e. The van der Waals surface area contributed by atoms with Crippen LogP contribution in [0.4, 0.5) is 19.3 Å². The van der Waals surface area contributed by atoms with Gasteiger partial charge in [-0.05, 0) is 83.6 Å². The summed E-state index contributed by atoms with van der Waals surface area (Å²) in [5.74, 6) is -3.23. The Labute approximate surface area is 335 Å². The van der Waals surface area contributed by atoms with Crippen molar-refractivity contribution in [3.63, 3.8) is 0 Å². The van der Waals surface area contributed by atoms with Crippen molar-refractivity contribution in [3.8, 4) is 0 Å².